The molecule has 1 atom stereocenters. The lowest BCUT2D eigenvalue weighted by molar-refractivity contribution is -0.122. The van der Waals surface area contributed by atoms with E-state index in [0.29, 0.717) is 18.1 Å². The quantitative estimate of drug-likeness (QED) is 0.632. The molecule has 0 aliphatic carbocycles. The van der Waals surface area contributed by atoms with Crippen LogP contribution in [0.25, 0.3) is 11.3 Å². The van der Waals surface area contributed by atoms with Gasteiger partial charge in [-0.05, 0) is 72.5 Å². The number of nitrogens with one attached hydrogen (secondary N) is 1. The molecule has 1 amide bonds. The van der Waals surface area contributed by atoms with Crippen LogP contribution in [0.4, 0.5) is 5.82 Å². The lowest BCUT2D eigenvalue weighted by Crippen LogP contribution is -2.30. The zero-order valence-corrected chi connectivity index (χ0v) is 16.1. The Balaban J connectivity index is 1.66. The molecule has 3 rings (SSSR count). The number of hydrogen-bond donors (Lipinski definition) is 1. The van der Waals surface area contributed by atoms with Crippen LogP contribution in [0.15, 0.2) is 53.2 Å². The minimum Gasteiger partial charge on any atom is -0.494 e. The highest BCUT2D eigenvalue weighted by atomic mass is 16.6. The zero-order valence-electron chi connectivity index (χ0n) is 16.1. The van der Waals surface area contributed by atoms with Gasteiger partial charge in [0.25, 0.3) is 5.91 Å². The Morgan fingerprint density at radius 2 is 1.71 bits per heavy atom. The largest absolute Gasteiger partial charge is 0.494 e. The fourth-order valence-electron chi connectivity index (χ4n) is 2.62. The van der Waals surface area contributed by atoms with Gasteiger partial charge in [0.1, 0.15) is 11.5 Å². The summed E-state index contributed by atoms with van der Waals surface area (Å²) < 4.78 is 16.0. The Bertz CT molecular complexity index is 904. The van der Waals surface area contributed by atoms with E-state index in [9.17, 15) is 4.79 Å². The van der Waals surface area contributed by atoms with E-state index >= 15 is 0 Å². The van der Waals surface area contributed by atoms with Gasteiger partial charge in [-0.15, -0.1) is 0 Å². The molecule has 1 heterocycles. The second-order valence-corrected chi connectivity index (χ2v) is 6.17. The van der Waals surface area contributed by atoms with Crippen LogP contribution < -0.4 is 14.8 Å². The van der Waals surface area contributed by atoms with E-state index in [1.807, 2.05) is 55.5 Å². The molecule has 0 saturated heterocycles. The number of hydrogen-bond acceptors (Lipinski definition) is 6. The van der Waals surface area contributed by atoms with Gasteiger partial charge in [-0.2, -0.15) is 0 Å². The number of aromatic nitrogens is 2. The van der Waals surface area contributed by atoms with E-state index in [1.54, 1.807) is 6.92 Å². The smallest absolute Gasteiger partial charge is 0.266 e. The molecule has 0 aliphatic heterocycles. The predicted octanol–water partition coefficient (Wildman–Crippen LogP) is 4.10. The molecule has 3 aromatic rings. The van der Waals surface area contributed by atoms with Gasteiger partial charge in [-0.25, -0.2) is 4.63 Å². The Morgan fingerprint density at radius 3 is 2.36 bits per heavy atom. The highest BCUT2D eigenvalue weighted by molar-refractivity contribution is 5.95. The van der Waals surface area contributed by atoms with E-state index < -0.39 is 6.10 Å². The van der Waals surface area contributed by atoms with Gasteiger partial charge in [-0.1, -0.05) is 19.1 Å². The molecule has 0 unspecified atom stereocenters. The lowest BCUT2D eigenvalue weighted by Gasteiger charge is -2.14. The minimum absolute atomic E-state index is 0.242. The molecule has 0 spiro atoms. The first-order valence-corrected chi connectivity index (χ1v) is 9.23. The number of carbonyl (C=O) groups excluding carboxylic acids is 1. The number of aryl methyl sites for hydroxylation is 1. The average Bonchev–Trinajstić information content (AvgIpc) is 3.17. The lowest BCUT2D eigenvalue weighted by atomic mass is 10.1. The molecule has 7 nitrogen and oxygen atoms in total. The fourth-order valence-corrected chi connectivity index (χ4v) is 2.62. The maximum absolute atomic E-state index is 12.5. The van der Waals surface area contributed by atoms with E-state index in [0.717, 1.165) is 17.7 Å². The molecule has 0 bridgehead atoms. The number of benzene rings is 2. The van der Waals surface area contributed by atoms with Crippen molar-refractivity contribution in [2.45, 2.75) is 33.3 Å². The van der Waals surface area contributed by atoms with Crippen LogP contribution in [-0.2, 0) is 11.2 Å². The van der Waals surface area contributed by atoms with E-state index in [2.05, 4.69) is 22.6 Å². The average molecular weight is 381 g/mol. The van der Waals surface area contributed by atoms with Crippen molar-refractivity contribution in [3.63, 3.8) is 0 Å². The van der Waals surface area contributed by atoms with E-state index in [4.69, 9.17) is 14.1 Å². The van der Waals surface area contributed by atoms with Crippen LogP contribution in [0, 0.1) is 0 Å². The van der Waals surface area contributed by atoms with Gasteiger partial charge in [0.05, 0.1) is 6.61 Å². The van der Waals surface area contributed by atoms with Crippen molar-refractivity contribution >= 4 is 11.7 Å². The third kappa shape index (κ3) is 4.68. The van der Waals surface area contributed by atoms with Crippen LogP contribution >= 0.6 is 0 Å². The number of anilines is 1. The maximum atomic E-state index is 12.5. The first-order chi connectivity index (χ1) is 13.6. The molecule has 2 aromatic carbocycles. The maximum Gasteiger partial charge on any atom is 0.266 e. The third-order valence-corrected chi connectivity index (χ3v) is 4.18. The van der Waals surface area contributed by atoms with Gasteiger partial charge in [0.15, 0.2) is 11.8 Å². The molecule has 0 radical (unpaired) electrons. The summed E-state index contributed by atoms with van der Waals surface area (Å²) >= 11 is 0. The topological polar surface area (TPSA) is 86.5 Å². The van der Waals surface area contributed by atoms with Crippen molar-refractivity contribution in [3.05, 3.63) is 54.1 Å². The molecule has 146 valence electrons. The summed E-state index contributed by atoms with van der Waals surface area (Å²) in [5.41, 5.74) is 2.40. The number of amides is 1. The standard InChI is InChI=1S/C21H23N3O4/c1-4-15-6-10-18(11-7-15)27-14(3)21(25)22-20-19(23-28-24-20)16-8-12-17(13-9-16)26-5-2/h6-14H,4-5H2,1-3H3,(H,22,24,25)/t14-/m0/s1. The number of nitrogens with zero attached hydrogens (tertiary/aromatic N) is 2. The predicted molar refractivity (Wildman–Crippen MR) is 105 cm³/mol. The molecule has 1 N–H and O–H groups in total. The summed E-state index contributed by atoms with van der Waals surface area (Å²) in [6.07, 6.45) is 0.237. The highest BCUT2D eigenvalue weighted by Gasteiger charge is 2.20. The number of rotatable bonds is 8. The van der Waals surface area contributed by atoms with Crippen molar-refractivity contribution < 1.29 is 18.9 Å². The molecule has 0 saturated carbocycles. The fraction of sp³-hybridized carbons (Fsp3) is 0.286. The SMILES string of the molecule is CCOc1ccc(-c2nonc2NC(=O)[C@H](C)Oc2ccc(CC)cc2)cc1. The van der Waals surface area contributed by atoms with Crippen molar-refractivity contribution in [2.24, 2.45) is 0 Å². The molecule has 7 heteroatoms. The second kappa shape index (κ2) is 9.03. The highest BCUT2D eigenvalue weighted by Crippen LogP contribution is 2.26. The Hall–Kier alpha value is -3.35. The molecule has 28 heavy (non-hydrogen) atoms. The Labute approximate surface area is 163 Å². The van der Waals surface area contributed by atoms with Gasteiger partial charge in [0, 0.05) is 5.56 Å². The molecule has 0 aliphatic rings. The summed E-state index contributed by atoms with van der Waals surface area (Å²) in [7, 11) is 0. The first-order valence-electron chi connectivity index (χ1n) is 9.23. The zero-order chi connectivity index (χ0) is 19.9. The van der Waals surface area contributed by atoms with E-state index in [-0.39, 0.29) is 11.7 Å². The van der Waals surface area contributed by atoms with Crippen molar-refractivity contribution in [1.29, 1.82) is 0 Å². The van der Waals surface area contributed by atoms with Crippen LogP contribution in [0.2, 0.25) is 0 Å². The van der Waals surface area contributed by atoms with Crippen LogP contribution in [0.5, 0.6) is 11.5 Å². The van der Waals surface area contributed by atoms with Crippen LogP contribution in [0.3, 0.4) is 0 Å². The Morgan fingerprint density at radius 1 is 1.04 bits per heavy atom. The minimum atomic E-state index is -0.711. The van der Waals surface area contributed by atoms with Crippen molar-refractivity contribution in [3.8, 4) is 22.8 Å². The summed E-state index contributed by atoms with van der Waals surface area (Å²) in [6.45, 7) is 6.27. The van der Waals surface area contributed by atoms with E-state index in [1.165, 1.54) is 5.56 Å². The molecule has 1 aromatic heterocycles. The van der Waals surface area contributed by atoms with Gasteiger partial charge in [-0.3, -0.25) is 4.79 Å². The van der Waals surface area contributed by atoms with Gasteiger partial charge >= 0.3 is 0 Å². The second-order valence-electron chi connectivity index (χ2n) is 6.17. The monoisotopic (exact) mass is 381 g/mol. The summed E-state index contributed by atoms with van der Waals surface area (Å²) in [6, 6.07) is 15.0. The van der Waals surface area contributed by atoms with Crippen LogP contribution in [0.1, 0.15) is 26.3 Å². The number of ether oxygens (including phenoxy) is 2. The van der Waals surface area contributed by atoms with Crippen molar-refractivity contribution in [2.75, 3.05) is 11.9 Å². The van der Waals surface area contributed by atoms with Gasteiger partial charge in [0.2, 0.25) is 5.82 Å². The molecular weight excluding hydrogens is 358 g/mol. The van der Waals surface area contributed by atoms with Crippen molar-refractivity contribution in [1.82, 2.24) is 10.3 Å². The molecule has 0 fully saturated rings. The Kier molecular flexibility index (Phi) is 6.26. The normalized spacial score (nSPS) is 11.7. The van der Waals surface area contributed by atoms with Crippen LogP contribution in [-0.4, -0.2) is 28.9 Å². The third-order valence-electron chi connectivity index (χ3n) is 4.18. The first kappa shape index (κ1) is 19.4. The summed E-state index contributed by atoms with van der Waals surface area (Å²) in [4.78, 5) is 12.5. The summed E-state index contributed by atoms with van der Waals surface area (Å²) in [5, 5.41) is 10.4. The summed E-state index contributed by atoms with van der Waals surface area (Å²) in [5.74, 6) is 1.28. The van der Waals surface area contributed by atoms with Gasteiger partial charge < -0.3 is 14.8 Å². The number of carbonyl (C=O) groups is 1. The molecular formula is C21H23N3O4.